The third kappa shape index (κ3) is 12.0. The number of nitrogens with one attached hydrogen (secondary N) is 1. The van der Waals surface area contributed by atoms with Crippen LogP contribution in [0.4, 0.5) is 19.7 Å². The lowest BCUT2D eigenvalue weighted by Gasteiger charge is -2.21. The minimum atomic E-state index is -1.19. The Hall–Kier alpha value is -6.53. The van der Waals surface area contributed by atoms with E-state index in [0.29, 0.717) is 30.5 Å². The second-order valence-electron chi connectivity index (χ2n) is 11.4. The van der Waals surface area contributed by atoms with Gasteiger partial charge in [0.1, 0.15) is 36.9 Å². The van der Waals surface area contributed by atoms with Gasteiger partial charge in [0.05, 0.1) is 13.7 Å². The molecule has 0 aliphatic carbocycles. The van der Waals surface area contributed by atoms with Crippen LogP contribution < -0.4 is 25.3 Å². The largest absolute Gasteiger partial charge is 0.511 e. The molecule has 0 aliphatic heterocycles. The standard InChI is InChI=1S/C36H43FN8O10/c1-6-16-52-35(47)42-31(38)23-10-12-24(13-11-23)41-30(27-19-26(49-5)20-28(29(27)37)51-18-17-50-22(4)46)32-43-34(45(44-32)33-39-14-9-15-40-33)53-21-54-36(48)55-25(7-2)8-3/h9-15,19-20,25,30,41H,6-8,16-18,21H2,1-5H3,(H2,38,42,47). The molecule has 1 unspecified atom stereocenters. The summed E-state index contributed by atoms with van der Waals surface area (Å²) in [5.74, 6) is -1.43. The van der Waals surface area contributed by atoms with Crippen molar-refractivity contribution in [3.05, 3.63) is 77.6 Å². The topological polar surface area (TPSA) is 223 Å². The molecule has 0 fully saturated rings. The Morgan fingerprint density at radius 3 is 2.35 bits per heavy atom. The van der Waals surface area contributed by atoms with Crippen LogP contribution in [0.25, 0.3) is 5.95 Å². The number of aliphatic imine (C=N–C) groups is 1. The molecule has 2 heterocycles. The number of benzene rings is 2. The van der Waals surface area contributed by atoms with Crippen molar-refractivity contribution in [2.24, 2.45) is 10.7 Å². The first-order valence-corrected chi connectivity index (χ1v) is 17.3. The average molecular weight is 767 g/mol. The number of hydrogen-bond acceptors (Lipinski definition) is 15. The molecule has 3 N–H and O–H groups in total. The highest BCUT2D eigenvalue weighted by Gasteiger charge is 2.29. The van der Waals surface area contributed by atoms with Gasteiger partial charge in [0.2, 0.25) is 6.79 Å². The Morgan fingerprint density at radius 1 is 0.964 bits per heavy atom. The highest BCUT2D eigenvalue weighted by Crippen LogP contribution is 2.36. The lowest BCUT2D eigenvalue weighted by atomic mass is 10.0. The maximum Gasteiger partial charge on any atom is 0.511 e. The number of nitrogens with zero attached hydrogens (tertiary/aromatic N) is 6. The van der Waals surface area contributed by atoms with Gasteiger partial charge in [-0.15, -0.1) is 9.78 Å². The first-order chi connectivity index (χ1) is 26.6. The Labute approximate surface area is 316 Å². The van der Waals surface area contributed by atoms with E-state index < -0.39 is 36.9 Å². The second kappa shape index (κ2) is 20.6. The van der Waals surface area contributed by atoms with E-state index in [0.717, 1.165) is 4.68 Å². The Morgan fingerprint density at radius 2 is 1.69 bits per heavy atom. The first kappa shape index (κ1) is 41.2. The van der Waals surface area contributed by atoms with Crippen molar-refractivity contribution in [1.29, 1.82) is 0 Å². The second-order valence-corrected chi connectivity index (χ2v) is 11.4. The summed E-state index contributed by atoms with van der Waals surface area (Å²) in [5, 5.41) is 7.79. The van der Waals surface area contributed by atoms with E-state index in [2.05, 4.69) is 30.4 Å². The van der Waals surface area contributed by atoms with Crippen LogP contribution in [0.5, 0.6) is 17.5 Å². The number of rotatable bonds is 19. The molecular formula is C36H43FN8O10. The fourth-order valence-corrected chi connectivity index (χ4v) is 4.75. The average Bonchev–Trinajstić information content (AvgIpc) is 3.61. The number of amides is 1. The molecule has 19 heteroatoms. The van der Waals surface area contributed by atoms with Gasteiger partial charge in [-0.25, -0.2) is 23.9 Å². The van der Waals surface area contributed by atoms with Crippen molar-refractivity contribution >= 4 is 29.7 Å². The predicted octanol–water partition coefficient (Wildman–Crippen LogP) is 5.28. The van der Waals surface area contributed by atoms with Crippen LogP contribution >= 0.6 is 0 Å². The summed E-state index contributed by atoms with van der Waals surface area (Å²) < 4.78 is 54.8. The van der Waals surface area contributed by atoms with Crippen LogP contribution in [0, 0.1) is 5.82 Å². The van der Waals surface area contributed by atoms with Crippen molar-refractivity contribution in [3.63, 3.8) is 0 Å². The van der Waals surface area contributed by atoms with E-state index in [4.69, 9.17) is 38.9 Å². The number of ether oxygens (including phenoxy) is 7. The molecule has 4 aromatic rings. The Kier molecular flexibility index (Phi) is 15.5. The van der Waals surface area contributed by atoms with Crippen LogP contribution in [0.1, 0.15) is 70.0 Å². The molecule has 2 aromatic carbocycles. The third-order valence-electron chi connectivity index (χ3n) is 7.50. The van der Waals surface area contributed by atoms with E-state index in [-0.39, 0.29) is 66.6 Å². The maximum atomic E-state index is 16.5. The van der Waals surface area contributed by atoms with Gasteiger partial charge in [-0.1, -0.05) is 20.8 Å². The van der Waals surface area contributed by atoms with Crippen molar-refractivity contribution in [3.8, 4) is 23.5 Å². The molecule has 0 saturated carbocycles. The summed E-state index contributed by atoms with van der Waals surface area (Å²) >= 11 is 0. The first-order valence-electron chi connectivity index (χ1n) is 17.3. The van der Waals surface area contributed by atoms with E-state index >= 15 is 4.39 Å². The summed E-state index contributed by atoms with van der Waals surface area (Å²) in [6, 6.07) is 9.36. The van der Waals surface area contributed by atoms with E-state index in [1.165, 1.54) is 38.6 Å². The summed E-state index contributed by atoms with van der Waals surface area (Å²) in [6.07, 6.45) is 2.65. The van der Waals surface area contributed by atoms with Crippen molar-refractivity contribution in [1.82, 2.24) is 24.7 Å². The van der Waals surface area contributed by atoms with Crippen molar-refractivity contribution in [2.45, 2.75) is 59.1 Å². The molecule has 0 saturated heterocycles. The lowest BCUT2D eigenvalue weighted by molar-refractivity contribution is -0.141. The van der Waals surface area contributed by atoms with E-state index in [1.807, 2.05) is 20.8 Å². The Bertz CT molecular complexity index is 1910. The molecule has 55 heavy (non-hydrogen) atoms. The highest BCUT2D eigenvalue weighted by atomic mass is 19.1. The van der Waals surface area contributed by atoms with Gasteiger partial charge in [-0.05, 0) is 55.7 Å². The Balaban J connectivity index is 1.75. The number of nitrogens with two attached hydrogens (primary N) is 1. The monoisotopic (exact) mass is 766 g/mol. The minimum Gasteiger partial charge on any atom is -0.497 e. The molecule has 0 spiro atoms. The normalized spacial score (nSPS) is 11.7. The van der Waals surface area contributed by atoms with Crippen LogP contribution in [-0.4, -0.2) is 88.6 Å². The van der Waals surface area contributed by atoms with Crippen molar-refractivity contribution in [2.75, 3.05) is 39.0 Å². The van der Waals surface area contributed by atoms with Gasteiger partial charge in [0.15, 0.2) is 17.4 Å². The number of carbonyl (C=O) groups excluding carboxylic acids is 3. The smallest absolute Gasteiger partial charge is 0.497 e. The number of methoxy groups -OCH3 is 1. The molecule has 18 nitrogen and oxygen atoms in total. The number of hydrogen-bond donors (Lipinski definition) is 2. The molecule has 0 radical (unpaired) electrons. The summed E-state index contributed by atoms with van der Waals surface area (Å²) in [4.78, 5) is 52.3. The number of carbonyl (C=O) groups is 3. The van der Waals surface area contributed by atoms with Gasteiger partial charge >= 0.3 is 24.2 Å². The lowest BCUT2D eigenvalue weighted by Crippen LogP contribution is -2.20. The third-order valence-corrected chi connectivity index (χ3v) is 7.50. The predicted molar refractivity (Wildman–Crippen MR) is 194 cm³/mol. The zero-order valence-corrected chi connectivity index (χ0v) is 31.0. The number of anilines is 1. The molecule has 2 aromatic heterocycles. The molecule has 0 bridgehead atoms. The van der Waals surface area contributed by atoms with Crippen LogP contribution in [0.3, 0.4) is 0 Å². The fraction of sp³-hybridized carbons (Fsp3) is 0.389. The molecule has 1 amide bonds. The van der Waals surface area contributed by atoms with Gasteiger partial charge in [-0.2, -0.15) is 9.98 Å². The summed E-state index contributed by atoms with van der Waals surface area (Å²) in [6.45, 7) is 6.13. The number of esters is 1. The van der Waals surface area contributed by atoms with Crippen LogP contribution in [0.15, 0.2) is 59.9 Å². The van der Waals surface area contributed by atoms with Gasteiger partial charge < -0.3 is 44.2 Å². The number of amidine groups is 1. The quantitative estimate of drug-likeness (QED) is 0.0309. The molecule has 1 atom stereocenters. The van der Waals surface area contributed by atoms with Crippen LogP contribution in [0.2, 0.25) is 0 Å². The SMILES string of the molecule is CCCOC(=O)N=C(N)c1ccc(NC(c2nc(OCOC(=O)OC(CC)CC)n(-c3ncccn3)n2)c2cc(OC)cc(OCCOC(C)=O)c2F)cc1. The van der Waals surface area contributed by atoms with Crippen molar-refractivity contribution < 1.29 is 51.9 Å². The van der Waals surface area contributed by atoms with Gasteiger partial charge in [0.25, 0.3) is 5.95 Å². The molecular weight excluding hydrogens is 723 g/mol. The summed E-state index contributed by atoms with van der Waals surface area (Å²) in [5.41, 5.74) is 6.85. The van der Waals surface area contributed by atoms with Crippen LogP contribution in [-0.2, 0) is 23.7 Å². The minimum absolute atomic E-state index is 0.0339. The highest BCUT2D eigenvalue weighted by molar-refractivity contribution is 6.02. The fourth-order valence-electron chi connectivity index (χ4n) is 4.75. The van der Waals surface area contributed by atoms with E-state index in [9.17, 15) is 14.4 Å². The zero-order valence-electron chi connectivity index (χ0n) is 31.0. The van der Waals surface area contributed by atoms with Gasteiger partial charge in [-0.3, -0.25) is 4.79 Å². The number of aromatic nitrogens is 5. The molecule has 0 aliphatic rings. The van der Waals surface area contributed by atoms with Gasteiger partial charge in [0, 0.05) is 42.2 Å². The maximum absolute atomic E-state index is 16.5. The molecule has 4 rings (SSSR count). The number of halogens is 1. The van der Waals surface area contributed by atoms with E-state index in [1.54, 1.807) is 30.3 Å². The summed E-state index contributed by atoms with van der Waals surface area (Å²) in [7, 11) is 1.39. The zero-order chi connectivity index (χ0) is 39.7. The molecule has 294 valence electrons.